The number of nitrogens with zero attached hydrogens (tertiary/aromatic N) is 3. The maximum Gasteiger partial charge on any atom is 0.161 e. The van der Waals surface area contributed by atoms with Gasteiger partial charge in [-0.05, 0) is 36.4 Å². The zero-order valence-corrected chi connectivity index (χ0v) is 14.7. The van der Waals surface area contributed by atoms with Crippen LogP contribution >= 0.6 is 0 Å². The number of ether oxygens (including phenoxy) is 1. The topological polar surface area (TPSA) is 50.3 Å². The quantitative estimate of drug-likeness (QED) is 0.742. The van der Waals surface area contributed by atoms with Gasteiger partial charge in [0.1, 0.15) is 11.6 Å². The molecule has 0 fully saturated rings. The monoisotopic (exact) mass is 334 g/mol. The number of nitrogens with one attached hydrogen (secondary N) is 1. The maximum atomic E-state index is 5.38. The number of benzene rings is 2. The molecule has 0 saturated heterocycles. The van der Waals surface area contributed by atoms with Crippen molar-refractivity contribution in [1.82, 2.24) is 9.97 Å². The van der Waals surface area contributed by atoms with Crippen LogP contribution in [0.3, 0.4) is 0 Å². The Bertz CT molecular complexity index is 831. The van der Waals surface area contributed by atoms with Gasteiger partial charge in [0, 0.05) is 43.7 Å². The zero-order valence-electron chi connectivity index (χ0n) is 14.7. The number of anilines is 2. The summed E-state index contributed by atoms with van der Waals surface area (Å²) in [6, 6.07) is 18.0. The first-order valence-corrected chi connectivity index (χ1v) is 8.14. The van der Waals surface area contributed by atoms with Crippen molar-refractivity contribution in [3.8, 4) is 17.1 Å². The summed E-state index contributed by atoms with van der Waals surface area (Å²) in [6.07, 6.45) is 1.77. The van der Waals surface area contributed by atoms with E-state index in [-0.39, 0.29) is 0 Å². The predicted molar refractivity (Wildman–Crippen MR) is 102 cm³/mol. The first kappa shape index (κ1) is 16.8. The Morgan fingerprint density at radius 2 is 1.76 bits per heavy atom. The van der Waals surface area contributed by atoms with Gasteiger partial charge in [0.15, 0.2) is 5.82 Å². The van der Waals surface area contributed by atoms with Crippen LogP contribution in [-0.4, -0.2) is 31.2 Å². The molecule has 3 rings (SSSR count). The van der Waals surface area contributed by atoms with Gasteiger partial charge in [-0.1, -0.05) is 18.2 Å². The van der Waals surface area contributed by atoms with E-state index in [2.05, 4.69) is 32.3 Å². The lowest BCUT2D eigenvalue weighted by molar-refractivity contribution is 0.410. The molecule has 0 unspecified atom stereocenters. The molecule has 0 aliphatic heterocycles. The van der Waals surface area contributed by atoms with Crippen molar-refractivity contribution < 1.29 is 4.74 Å². The molecule has 128 valence electrons. The van der Waals surface area contributed by atoms with Gasteiger partial charge >= 0.3 is 0 Å². The molecule has 5 heteroatoms. The number of hydrogen-bond donors (Lipinski definition) is 1. The Balaban J connectivity index is 1.75. The van der Waals surface area contributed by atoms with Crippen LogP contribution in [0.15, 0.2) is 60.8 Å². The number of hydrogen-bond acceptors (Lipinski definition) is 5. The lowest BCUT2D eigenvalue weighted by Crippen LogP contribution is -2.08. The normalized spacial score (nSPS) is 10.4. The predicted octanol–water partition coefficient (Wildman–Crippen LogP) is 3.83. The van der Waals surface area contributed by atoms with Crippen LogP contribution in [0, 0.1) is 0 Å². The third kappa shape index (κ3) is 4.07. The van der Waals surface area contributed by atoms with Crippen LogP contribution in [-0.2, 0) is 6.54 Å². The van der Waals surface area contributed by atoms with E-state index in [1.54, 1.807) is 13.3 Å². The second-order valence-electron chi connectivity index (χ2n) is 5.87. The standard InChI is InChI=1S/C20H22N4O/c1-24(2)17-10-8-15(9-11-17)20-21-13-12-19(23-20)22-14-16-6-4-5-7-18(16)25-3/h4-13H,14H2,1-3H3,(H,21,22,23). The molecular weight excluding hydrogens is 312 g/mol. The highest BCUT2D eigenvalue weighted by Gasteiger charge is 2.05. The van der Waals surface area contributed by atoms with Crippen LogP contribution in [0.1, 0.15) is 5.56 Å². The molecule has 25 heavy (non-hydrogen) atoms. The van der Waals surface area contributed by atoms with E-state index >= 15 is 0 Å². The van der Waals surface area contributed by atoms with Crippen LogP contribution in [0.25, 0.3) is 11.4 Å². The van der Waals surface area contributed by atoms with E-state index in [0.717, 1.165) is 28.4 Å². The minimum atomic E-state index is 0.639. The molecule has 2 aromatic carbocycles. The zero-order chi connectivity index (χ0) is 17.6. The summed E-state index contributed by atoms with van der Waals surface area (Å²) in [7, 11) is 5.72. The Labute approximate surface area is 148 Å². The number of aromatic nitrogens is 2. The SMILES string of the molecule is COc1ccccc1CNc1ccnc(-c2ccc(N(C)C)cc2)n1. The Hall–Kier alpha value is -3.08. The molecule has 0 radical (unpaired) electrons. The van der Waals surface area contributed by atoms with Crippen molar-refractivity contribution in [1.29, 1.82) is 0 Å². The average molecular weight is 334 g/mol. The van der Waals surface area contributed by atoms with Gasteiger partial charge in [-0.25, -0.2) is 9.97 Å². The molecule has 0 aliphatic rings. The van der Waals surface area contributed by atoms with E-state index < -0.39 is 0 Å². The number of para-hydroxylation sites is 1. The van der Waals surface area contributed by atoms with Crippen molar-refractivity contribution in [2.75, 3.05) is 31.4 Å². The van der Waals surface area contributed by atoms with Crippen LogP contribution < -0.4 is 15.0 Å². The van der Waals surface area contributed by atoms with E-state index in [9.17, 15) is 0 Å². The smallest absolute Gasteiger partial charge is 0.161 e. The molecule has 0 saturated carbocycles. The highest BCUT2D eigenvalue weighted by Crippen LogP contribution is 2.21. The Morgan fingerprint density at radius 1 is 1.00 bits per heavy atom. The molecule has 1 N–H and O–H groups in total. The Morgan fingerprint density at radius 3 is 2.48 bits per heavy atom. The minimum Gasteiger partial charge on any atom is -0.496 e. The summed E-state index contributed by atoms with van der Waals surface area (Å²) in [5, 5.41) is 3.34. The van der Waals surface area contributed by atoms with Crippen LogP contribution in [0.2, 0.25) is 0 Å². The van der Waals surface area contributed by atoms with Gasteiger partial charge < -0.3 is 15.0 Å². The summed E-state index contributed by atoms with van der Waals surface area (Å²) in [4.78, 5) is 11.1. The molecule has 0 spiro atoms. The first-order valence-electron chi connectivity index (χ1n) is 8.14. The maximum absolute atomic E-state index is 5.38. The van der Waals surface area contributed by atoms with Crippen LogP contribution in [0.5, 0.6) is 5.75 Å². The molecule has 0 atom stereocenters. The van der Waals surface area contributed by atoms with Crippen molar-refractivity contribution >= 4 is 11.5 Å². The van der Waals surface area contributed by atoms with E-state index in [4.69, 9.17) is 4.74 Å². The second kappa shape index (κ2) is 7.66. The molecule has 0 bridgehead atoms. The molecule has 3 aromatic rings. The van der Waals surface area contributed by atoms with Gasteiger partial charge in [0.2, 0.25) is 0 Å². The first-order chi connectivity index (χ1) is 12.2. The third-order valence-corrected chi connectivity index (χ3v) is 3.95. The fraction of sp³-hybridized carbons (Fsp3) is 0.200. The van der Waals surface area contributed by atoms with Crippen molar-refractivity contribution in [3.63, 3.8) is 0 Å². The number of methoxy groups -OCH3 is 1. The van der Waals surface area contributed by atoms with E-state index in [1.165, 1.54) is 0 Å². The summed E-state index contributed by atoms with van der Waals surface area (Å²) in [5.41, 5.74) is 3.22. The summed E-state index contributed by atoms with van der Waals surface area (Å²) in [6.45, 7) is 0.639. The van der Waals surface area contributed by atoms with Gasteiger partial charge in [-0.15, -0.1) is 0 Å². The molecule has 1 aromatic heterocycles. The number of rotatable bonds is 6. The molecule has 1 heterocycles. The van der Waals surface area contributed by atoms with Crippen molar-refractivity contribution in [2.45, 2.75) is 6.54 Å². The summed E-state index contributed by atoms with van der Waals surface area (Å²) >= 11 is 0. The minimum absolute atomic E-state index is 0.639. The fourth-order valence-electron chi connectivity index (χ4n) is 2.54. The average Bonchev–Trinajstić information content (AvgIpc) is 2.67. The molecule has 0 aliphatic carbocycles. The van der Waals surface area contributed by atoms with Crippen molar-refractivity contribution in [3.05, 3.63) is 66.4 Å². The lowest BCUT2D eigenvalue weighted by Gasteiger charge is -2.13. The lowest BCUT2D eigenvalue weighted by atomic mass is 10.2. The highest BCUT2D eigenvalue weighted by molar-refractivity contribution is 5.61. The van der Waals surface area contributed by atoms with Gasteiger partial charge in [-0.2, -0.15) is 0 Å². The fourth-order valence-corrected chi connectivity index (χ4v) is 2.54. The van der Waals surface area contributed by atoms with E-state index in [0.29, 0.717) is 12.4 Å². The summed E-state index contributed by atoms with van der Waals surface area (Å²) < 4.78 is 5.38. The highest BCUT2D eigenvalue weighted by atomic mass is 16.5. The molecule has 0 amide bonds. The Kier molecular flexibility index (Phi) is 5.14. The molecular formula is C20H22N4O. The van der Waals surface area contributed by atoms with Crippen molar-refractivity contribution in [2.24, 2.45) is 0 Å². The second-order valence-corrected chi connectivity index (χ2v) is 5.87. The van der Waals surface area contributed by atoms with Gasteiger partial charge in [0.05, 0.1) is 7.11 Å². The van der Waals surface area contributed by atoms with E-state index in [1.807, 2.05) is 56.6 Å². The van der Waals surface area contributed by atoms with Crippen LogP contribution in [0.4, 0.5) is 11.5 Å². The largest absolute Gasteiger partial charge is 0.496 e. The van der Waals surface area contributed by atoms with Gasteiger partial charge in [-0.3, -0.25) is 0 Å². The summed E-state index contributed by atoms with van der Waals surface area (Å²) in [5.74, 6) is 2.35. The molecule has 5 nitrogen and oxygen atoms in total. The third-order valence-electron chi connectivity index (χ3n) is 3.95. The van der Waals surface area contributed by atoms with Gasteiger partial charge in [0.25, 0.3) is 0 Å².